The molecule has 0 aromatic heterocycles. The quantitative estimate of drug-likeness (QED) is 0.748. The van der Waals surface area contributed by atoms with Gasteiger partial charge in [-0.05, 0) is 24.2 Å². The Labute approximate surface area is 120 Å². The van der Waals surface area contributed by atoms with E-state index in [2.05, 4.69) is 11.9 Å². The molecule has 0 aliphatic rings. The number of likely N-dealkylation sites (N-methyl/N-ethyl adjacent to an activating group) is 1. The molecular formula is C14H21FN2O2S. The molecule has 0 bridgehead atoms. The maximum atomic E-state index is 13.9. The third-order valence-electron chi connectivity index (χ3n) is 2.88. The summed E-state index contributed by atoms with van der Waals surface area (Å²) in [5, 5.41) is 3.08. The highest BCUT2D eigenvalue weighted by molar-refractivity contribution is 7.89. The Morgan fingerprint density at radius 3 is 2.65 bits per heavy atom. The van der Waals surface area contributed by atoms with Crippen LogP contribution in [0, 0.1) is 5.82 Å². The number of hydrogen-bond donors (Lipinski definition) is 1. The fraction of sp³-hybridized carbons (Fsp3) is 0.429. The van der Waals surface area contributed by atoms with Gasteiger partial charge in [0.05, 0.1) is 0 Å². The predicted molar refractivity (Wildman–Crippen MR) is 78.4 cm³/mol. The number of halogens is 1. The molecule has 0 aliphatic carbocycles. The Morgan fingerprint density at radius 2 is 2.10 bits per heavy atom. The van der Waals surface area contributed by atoms with Crippen molar-refractivity contribution in [3.8, 4) is 0 Å². The summed E-state index contributed by atoms with van der Waals surface area (Å²) in [5.41, 5.74) is 0.737. The van der Waals surface area contributed by atoms with Crippen molar-refractivity contribution in [3.05, 3.63) is 42.2 Å². The van der Waals surface area contributed by atoms with E-state index in [1.165, 1.54) is 22.5 Å². The summed E-state index contributed by atoms with van der Waals surface area (Å²) in [6.07, 6.45) is 1.49. The lowest BCUT2D eigenvalue weighted by Crippen LogP contribution is -2.31. The first-order chi connectivity index (χ1) is 9.47. The van der Waals surface area contributed by atoms with E-state index in [0.29, 0.717) is 6.54 Å². The lowest BCUT2D eigenvalue weighted by molar-refractivity contribution is 0.453. The van der Waals surface area contributed by atoms with Gasteiger partial charge in [0.25, 0.3) is 0 Å². The molecule has 1 N–H and O–H groups in total. The molecule has 1 rings (SSSR count). The highest BCUT2D eigenvalue weighted by atomic mass is 32.2. The van der Waals surface area contributed by atoms with Crippen LogP contribution in [0.4, 0.5) is 4.39 Å². The summed E-state index contributed by atoms with van der Waals surface area (Å²) in [4.78, 5) is -0.281. The van der Waals surface area contributed by atoms with Gasteiger partial charge < -0.3 is 5.32 Å². The van der Waals surface area contributed by atoms with Crippen LogP contribution < -0.4 is 5.32 Å². The van der Waals surface area contributed by atoms with E-state index in [-0.39, 0.29) is 18.0 Å². The molecule has 0 heterocycles. The standard InChI is InChI=1S/C14H21FN2O2S/c1-4-9-17(6-3)20(18,19)14-10-12(11-16-5-2)7-8-13(14)15/h4,7-8,10,16H,1,5-6,9,11H2,2-3H3. The zero-order valence-corrected chi connectivity index (χ0v) is 12.7. The zero-order chi connectivity index (χ0) is 15.2. The van der Waals surface area contributed by atoms with Crippen LogP contribution in [0.25, 0.3) is 0 Å². The van der Waals surface area contributed by atoms with Crippen molar-refractivity contribution in [1.29, 1.82) is 0 Å². The maximum Gasteiger partial charge on any atom is 0.246 e. The van der Waals surface area contributed by atoms with Crippen LogP contribution in [0.2, 0.25) is 0 Å². The number of nitrogens with one attached hydrogen (secondary N) is 1. The third-order valence-corrected chi connectivity index (χ3v) is 4.83. The molecule has 0 fully saturated rings. The molecule has 0 unspecified atom stereocenters. The maximum absolute atomic E-state index is 13.9. The molecule has 0 atom stereocenters. The molecule has 1 aromatic rings. The molecule has 0 spiro atoms. The second kappa shape index (κ2) is 7.52. The first kappa shape index (κ1) is 16.8. The summed E-state index contributed by atoms with van der Waals surface area (Å²) < 4.78 is 39.9. The lowest BCUT2D eigenvalue weighted by atomic mass is 10.2. The van der Waals surface area contributed by atoms with Gasteiger partial charge in [-0.25, -0.2) is 12.8 Å². The Bertz CT molecular complexity index is 558. The van der Waals surface area contributed by atoms with Crippen molar-refractivity contribution in [2.24, 2.45) is 0 Å². The fourth-order valence-electron chi connectivity index (χ4n) is 1.81. The van der Waals surface area contributed by atoms with E-state index in [4.69, 9.17) is 0 Å². The van der Waals surface area contributed by atoms with Gasteiger partial charge in [-0.3, -0.25) is 0 Å². The molecular weight excluding hydrogens is 279 g/mol. The molecule has 1 aromatic carbocycles. The third kappa shape index (κ3) is 3.88. The van der Waals surface area contributed by atoms with E-state index in [1.54, 1.807) is 13.0 Å². The Kier molecular flexibility index (Phi) is 6.32. The Balaban J connectivity index is 3.18. The van der Waals surface area contributed by atoms with Gasteiger partial charge in [-0.15, -0.1) is 6.58 Å². The highest BCUT2D eigenvalue weighted by Gasteiger charge is 2.25. The van der Waals surface area contributed by atoms with Crippen LogP contribution in [-0.2, 0) is 16.6 Å². The highest BCUT2D eigenvalue weighted by Crippen LogP contribution is 2.20. The molecule has 6 heteroatoms. The van der Waals surface area contributed by atoms with Crippen molar-refractivity contribution in [3.63, 3.8) is 0 Å². The first-order valence-electron chi connectivity index (χ1n) is 6.57. The minimum Gasteiger partial charge on any atom is -0.313 e. The average molecular weight is 300 g/mol. The van der Waals surface area contributed by atoms with Crippen molar-refractivity contribution >= 4 is 10.0 Å². The summed E-state index contributed by atoms with van der Waals surface area (Å²) in [6, 6.07) is 4.17. The van der Waals surface area contributed by atoms with Crippen molar-refractivity contribution in [2.75, 3.05) is 19.6 Å². The zero-order valence-electron chi connectivity index (χ0n) is 11.9. The van der Waals surface area contributed by atoms with Gasteiger partial charge in [-0.1, -0.05) is 26.0 Å². The van der Waals surface area contributed by atoms with Gasteiger partial charge in [0.2, 0.25) is 10.0 Å². The molecule has 0 radical (unpaired) electrons. The van der Waals surface area contributed by atoms with Gasteiger partial charge in [-0.2, -0.15) is 4.31 Å². The Hall–Kier alpha value is -1.24. The van der Waals surface area contributed by atoms with Gasteiger partial charge in [0, 0.05) is 19.6 Å². The fourth-order valence-corrected chi connectivity index (χ4v) is 3.34. The van der Waals surface area contributed by atoms with Crippen molar-refractivity contribution in [2.45, 2.75) is 25.3 Å². The molecule has 112 valence electrons. The Morgan fingerprint density at radius 1 is 1.40 bits per heavy atom. The van der Waals surface area contributed by atoms with E-state index in [1.807, 2.05) is 6.92 Å². The second-order valence-electron chi connectivity index (χ2n) is 4.29. The monoisotopic (exact) mass is 300 g/mol. The van der Waals surface area contributed by atoms with E-state index in [9.17, 15) is 12.8 Å². The topological polar surface area (TPSA) is 49.4 Å². The first-order valence-corrected chi connectivity index (χ1v) is 8.01. The van der Waals surface area contributed by atoms with Crippen LogP contribution in [-0.4, -0.2) is 32.4 Å². The van der Waals surface area contributed by atoms with E-state index >= 15 is 0 Å². The number of rotatable bonds is 8. The van der Waals surface area contributed by atoms with Crippen molar-refractivity contribution in [1.82, 2.24) is 9.62 Å². The molecule has 4 nitrogen and oxygen atoms in total. The molecule has 20 heavy (non-hydrogen) atoms. The van der Waals surface area contributed by atoms with Crippen LogP contribution in [0.15, 0.2) is 35.7 Å². The van der Waals surface area contributed by atoms with Crippen LogP contribution in [0.3, 0.4) is 0 Å². The molecule has 0 aliphatic heterocycles. The molecule has 0 amide bonds. The smallest absolute Gasteiger partial charge is 0.246 e. The van der Waals surface area contributed by atoms with Gasteiger partial charge >= 0.3 is 0 Å². The average Bonchev–Trinajstić information content (AvgIpc) is 2.43. The lowest BCUT2D eigenvalue weighted by Gasteiger charge is -2.19. The minimum atomic E-state index is -3.83. The number of sulfonamides is 1. The second-order valence-corrected chi connectivity index (χ2v) is 6.20. The summed E-state index contributed by atoms with van der Waals surface area (Å²) in [5.74, 6) is -0.729. The van der Waals surface area contributed by atoms with Gasteiger partial charge in [0.15, 0.2) is 0 Å². The van der Waals surface area contributed by atoms with Crippen LogP contribution in [0.5, 0.6) is 0 Å². The van der Waals surface area contributed by atoms with E-state index in [0.717, 1.165) is 12.1 Å². The summed E-state index contributed by atoms with van der Waals surface area (Å²) in [7, 11) is -3.83. The molecule has 0 saturated carbocycles. The predicted octanol–water partition coefficient (Wildman–Crippen LogP) is 2.13. The number of benzene rings is 1. The number of hydrogen-bond acceptors (Lipinski definition) is 3. The summed E-state index contributed by atoms with van der Waals surface area (Å²) >= 11 is 0. The SMILES string of the molecule is C=CCN(CC)S(=O)(=O)c1cc(CNCC)ccc1F. The van der Waals surface area contributed by atoms with Crippen LogP contribution in [0.1, 0.15) is 19.4 Å². The van der Waals surface area contributed by atoms with E-state index < -0.39 is 15.8 Å². The largest absolute Gasteiger partial charge is 0.313 e. The van der Waals surface area contributed by atoms with Crippen LogP contribution >= 0.6 is 0 Å². The normalized spacial score (nSPS) is 11.8. The number of nitrogens with zero attached hydrogens (tertiary/aromatic N) is 1. The molecule has 0 saturated heterocycles. The van der Waals surface area contributed by atoms with Crippen molar-refractivity contribution < 1.29 is 12.8 Å². The minimum absolute atomic E-state index is 0.162. The summed E-state index contributed by atoms with van der Waals surface area (Å²) in [6.45, 7) is 8.88. The van der Waals surface area contributed by atoms with Gasteiger partial charge in [0.1, 0.15) is 10.7 Å².